The highest BCUT2D eigenvalue weighted by molar-refractivity contribution is 5.76. The van der Waals surface area contributed by atoms with Crippen LogP contribution in [0.25, 0.3) is 11.7 Å². The molecule has 2 aromatic heterocycles. The Kier molecular flexibility index (Phi) is 4.14. The molecule has 3 aromatic rings. The monoisotopic (exact) mass is 313 g/mol. The molecule has 0 aliphatic rings. The molecular weight excluding hydrogens is 298 g/mol. The van der Waals surface area contributed by atoms with Crippen LogP contribution < -0.4 is 9.47 Å². The van der Waals surface area contributed by atoms with Gasteiger partial charge in [0, 0.05) is 5.56 Å². The lowest BCUT2D eigenvalue weighted by atomic mass is 10.2. The maximum atomic E-state index is 10.9. The molecule has 3 rings (SSSR count). The van der Waals surface area contributed by atoms with Crippen LogP contribution in [0.2, 0.25) is 0 Å². The molecule has 23 heavy (non-hydrogen) atoms. The number of aldehydes is 1. The molecule has 0 unspecified atom stereocenters. The number of oxazole rings is 1. The van der Waals surface area contributed by atoms with Crippen LogP contribution in [0, 0.1) is 6.92 Å². The summed E-state index contributed by atoms with van der Waals surface area (Å²) in [6, 6.07) is 8.50. The average Bonchev–Trinajstić information content (AvgIpc) is 3.22. The number of benzene rings is 1. The lowest BCUT2D eigenvalue weighted by Gasteiger charge is -2.10. The molecule has 0 fully saturated rings. The number of ether oxygens (including phenoxy) is 2. The van der Waals surface area contributed by atoms with Gasteiger partial charge in [0.05, 0.1) is 13.4 Å². The summed E-state index contributed by atoms with van der Waals surface area (Å²) >= 11 is 0. The summed E-state index contributed by atoms with van der Waals surface area (Å²) in [5.41, 5.74) is 1.16. The van der Waals surface area contributed by atoms with Crippen LogP contribution in [0.4, 0.5) is 0 Å². The fraction of sp³-hybridized carbons (Fsp3) is 0.176. The highest BCUT2D eigenvalue weighted by Crippen LogP contribution is 2.29. The maximum Gasteiger partial charge on any atom is 0.263 e. The van der Waals surface area contributed by atoms with Crippen molar-refractivity contribution in [2.45, 2.75) is 13.5 Å². The van der Waals surface area contributed by atoms with E-state index in [2.05, 4.69) is 4.98 Å². The van der Waals surface area contributed by atoms with Gasteiger partial charge < -0.3 is 18.3 Å². The highest BCUT2D eigenvalue weighted by Gasteiger charge is 2.15. The number of rotatable bonds is 6. The Bertz CT molecular complexity index is 805. The van der Waals surface area contributed by atoms with E-state index in [9.17, 15) is 4.79 Å². The molecule has 0 saturated carbocycles. The highest BCUT2D eigenvalue weighted by atomic mass is 16.5. The second kappa shape index (κ2) is 6.39. The van der Waals surface area contributed by atoms with Crippen LogP contribution in [0.3, 0.4) is 0 Å². The number of carbonyl (C=O) groups excluding carboxylic acids is 1. The maximum absolute atomic E-state index is 10.9. The third-order valence-corrected chi connectivity index (χ3v) is 3.31. The molecule has 6 nitrogen and oxygen atoms in total. The minimum absolute atomic E-state index is 0.189. The van der Waals surface area contributed by atoms with E-state index >= 15 is 0 Å². The van der Waals surface area contributed by atoms with Crippen molar-refractivity contribution in [2.75, 3.05) is 7.11 Å². The first-order valence-corrected chi connectivity index (χ1v) is 6.97. The molecular formula is C17H15NO5. The topological polar surface area (TPSA) is 74.7 Å². The number of hydrogen-bond acceptors (Lipinski definition) is 6. The van der Waals surface area contributed by atoms with Crippen molar-refractivity contribution < 1.29 is 23.1 Å². The summed E-state index contributed by atoms with van der Waals surface area (Å²) in [5.74, 6) is 2.61. The Morgan fingerprint density at radius 1 is 1.26 bits per heavy atom. The Morgan fingerprint density at radius 2 is 2.13 bits per heavy atom. The number of methoxy groups -OCH3 is 1. The summed E-state index contributed by atoms with van der Waals surface area (Å²) in [4.78, 5) is 15.3. The predicted molar refractivity (Wildman–Crippen MR) is 81.7 cm³/mol. The van der Waals surface area contributed by atoms with Crippen LogP contribution in [0.15, 0.2) is 45.4 Å². The molecule has 0 aliphatic heterocycles. The van der Waals surface area contributed by atoms with Crippen molar-refractivity contribution in [3.63, 3.8) is 0 Å². The van der Waals surface area contributed by atoms with Gasteiger partial charge in [-0.2, -0.15) is 0 Å². The number of hydrogen-bond donors (Lipinski definition) is 0. The third kappa shape index (κ3) is 3.11. The van der Waals surface area contributed by atoms with Gasteiger partial charge in [0.15, 0.2) is 17.3 Å². The average molecular weight is 313 g/mol. The molecule has 0 bridgehead atoms. The Hall–Kier alpha value is -3.02. The van der Waals surface area contributed by atoms with E-state index in [1.54, 1.807) is 50.6 Å². The zero-order valence-electron chi connectivity index (χ0n) is 12.7. The lowest BCUT2D eigenvalue weighted by Crippen LogP contribution is -2.00. The van der Waals surface area contributed by atoms with Gasteiger partial charge in [-0.05, 0) is 37.3 Å². The van der Waals surface area contributed by atoms with Crippen molar-refractivity contribution in [3.05, 3.63) is 53.6 Å². The van der Waals surface area contributed by atoms with Crippen molar-refractivity contribution in [1.29, 1.82) is 0 Å². The number of aromatic nitrogens is 1. The van der Waals surface area contributed by atoms with E-state index in [1.165, 1.54) is 0 Å². The number of aryl methyl sites for hydroxylation is 1. The van der Waals surface area contributed by atoms with E-state index in [0.717, 1.165) is 6.29 Å². The van der Waals surface area contributed by atoms with Crippen molar-refractivity contribution in [3.8, 4) is 23.1 Å². The molecule has 0 N–H and O–H groups in total. The van der Waals surface area contributed by atoms with Crippen molar-refractivity contribution in [2.24, 2.45) is 0 Å². The SMILES string of the molecule is COc1ccc(C=O)cc1OCc1nc(-c2ccco2)oc1C. The predicted octanol–water partition coefficient (Wildman–Crippen LogP) is 3.64. The molecule has 0 spiro atoms. The normalized spacial score (nSPS) is 10.5. The first-order valence-electron chi connectivity index (χ1n) is 6.97. The standard InChI is InChI=1S/C17H15NO5/c1-11-13(18-17(23-11)15-4-3-7-21-15)10-22-16-8-12(9-19)5-6-14(16)20-2/h3-9H,10H2,1-2H3. The van der Waals surface area contributed by atoms with E-state index < -0.39 is 0 Å². The Labute approximate surface area is 132 Å². The number of furan rings is 1. The quantitative estimate of drug-likeness (QED) is 0.647. The van der Waals surface area contributed by atoms with E-state index in [1.807, 2.05) is 0 Å². The molecule has 118 valence electrons. The fourth-order valence-electron chi connectivity index (χ4n) is 2.09. The van der Waals surface area contributed by atoms with Crippen LogP contribution in [0.5, 0.6) is 11.5 Å². The molecule has 0 aliphatic carbocycles. The van der Waals surface area contributed by atoms with Crippen LogP contribution in [0.1, 0.15) is 21.8 Å². The molecule has 6 heteroatoms. The molecule has 2 heterocycles. The van der Waals surface area contributed by atoms with Crippen molar-refractivity contribution in [1.82, 2.24) is 4.98 Å². The number of carbonyl (C=O) groups is 1. The second-order valence-corrected chi connectivity index (χ2v) is 4.82. The summed E-state index contributed by atoms with van der Waals surface area (Å²) in [5, 5.41) is 0. The van der Waals surface area contributed by atoms with Gasteiger partial charge in [-0.3, -0.25) is 4.79 Å². The third-order valence-electron chi connectivity index (χ3n) is 3.31. The van der Waals surface area contributed by atoms with Gasteiger partial charge in [0.2, 0.25) is 0 Å². The van der Waals surface area contributed by atoms with Crippen LogP contribution in [-0.4, -0.2) is 18.4 Å². The molecule has 1 aromatic carbocycles. The molecule has 0 amide bonds. The minimum Gasteiger partial charge on any atom is -0.493 e. The van der Waals surface area contributed by atoms with Crippen LogP contribution in [-0.2, 0) is 6.61 Å². The summed E-state index contributed by atoms with van der Waals surface area (Å²) in [6.45, 7) is 1.99. The molecule has 0 saturated heterocycles. The van der Waals surface area contributed by atoms with Gasteiger partial charge in [-0.25, -0.2) is 4.98 Å². The van der Waals surface area contributed by atoms with Gasteiger partial charge in [0.25, 0.3) is 5.89 Å². The summed E-state index contributed by atoms with van der Waals surface area (Å²) < 4.78 is 21.8. The van der Waals surface area contributed by atoms with E-state index in [-0.39, 0.29) is 6.61 Å². The summed E-state index contributed by atoms with van der Waals surface area (Å²) in [7, 11) is 1.54. The largest absolute Gasteiger partial charge is 0.493 e. The smallest absolute Gasteiger partial charge is 0.263 e. The first kappa shape index (κ1) is 14.9. The fourth-order valence-corrected chi connectivity index (χ4v) is 2.09. The zero-order valence-corrected chi connectivity index (χ0v) is 12.7. The minimum atomic E-state index is 0.189. The number of nitrogens with zero attached hydrogens (tertiary/aromatic N) is 1. The van der Waals surface area contributed by atoms with Crippen LogP contribution >= 0.6 is 0 Å². The Morgan fingerprint density at radius 3 is 2.83 bits per heavy atom. The zero-order chi connectivity index (χ0) is 16.2. The van der Waals surface area contributed by atoms with Gasteiger partial charge >= 0.3 is 0 Å². The van der Waals surface area contributed by atoms with Gasteiger partial charge in [-0.15, -0.1) is 0 Å². The molecule has 0 atom stereocenters. The lowest BCUT2D eigenvalue weighted by molar-refractivity contribution is 0.112. The van der Waals surface area contributed by atoms with Crippen molar-refractivity contribution >= 4 is 6.29 Å². The Balaban J connectivity index is 1.80. The second-order valence-electron chi connectivity index (χ2n) is 4.82. The molecule has 0 radical (unpaired) electrons. The van der Waals surface area contributed by atoms with E-state index in [0.29, 0.717) is 40.2 Å². The van der Waals surface area contributed by atoms with Gasteiger partial charge in [0.1, 0.15) is 24.3 Å². The first-order chi connectivity index (χ1) is 11.2. The van der Waals surface area contributed by atoms with Gasteiger partial charge in [-0.1, -0.05) is 0 Å². The van der Waals surface area contributed by atoms with E-state index in [4.69, 9.17) is 18.3 Å². The summed E-state index contributed by atoms with van der Waals surface area (Å²) in [6.07, 6.45) is 2.31.